The van der Waals surface area contributed by atoms with Crippen LogP contribution in [0.3, 0.4) is 0 Å². The summed E-state index contributed by atoms with van der Waals surface area (Å²) in [5.41, 5.74) is 4.73. The Morgan fingerprint density at radius 1 is 0.971 bits per heavy atom. The van der Waals surface area contributed by atoms with Crippen LogP contribution in [0.2, 0.25) is 0 Å². The standard InChI is InChI=1S/C28H28N4O2/c1-32-20-6-4-7-21(32)17-19(16-20)30-27(33)24-10-5-11-25-26(24)31-28(34-25)23-9-3-2-8-22(23)18-12-14-29-15-13-18/h2-3,5,8-15,19-21H,4,6-7,16-17H2,1H3,(H,30,33). The second kappa shape index (κ2) is 8.69. The molecule has 0 aliphatic carbocycles. The maximum Gasteiger partial charge on any atom is 0.253 e. The second-order valence-electron chi connectivity index (χ2n) is 9.50. The molecule has 6 rings (SSSR count). The third-order valence-corrected chi connectivity index (χ3v) is 7.49. The molecule has 34 heavy (non-hydrogen) atoms. The van der Waals surface area contributed by atoms with Crippen molar-refractivity contribution in [2.24, 2.45) is 0 Å². The average molecular weight is 453 g/mol. The summed E-state index contributed by atoms with van der Waals surface area (Å²) in [6, 6.07) is 18.9. The molecule has 2 aliphatic rings. The largest absolute Gasteiger partial charge is 0.436 e. The van der Waals surface area contributed by atoms with Crippen LogP contribution >= 0.6 is 0 Å². The predicted octanol–water partition coefficient (Wildman–Crippen LogP) is 5.30. The molecule has 4 aromatic rings. The Labute approximate surface area is 199 Å². The van der Waals surface area contributed by atoms with Gasteiger partial charge in [-0.2, -0.15) is 0 Å². The van der Waals surface area contributed by atoms with Gasteiger partial charge in [0, 0.05) is 36.1 Å². The van der Waals surface area contributed by atoms with Crippen molar-refractivity contribution in [3.63, 3.8) is 0 Å². The molecule has 2 saturated heterocycles. The summed E-state index contributed by atoms with van der Waals surface area (Å²) < 4.78 is 6.16. The highest BCUT2D eigenvalue weighted by molar-refractivity contribution is 6.05. The van der Waals surface area contributed by atoms with E-state index in [0.717, 1.165) is 29.5 Å². The normalized spacial score (nSPS) is 22.6. The number of hydrogen-bond acceptors (Lipinski definition) is 5. The van der Waals surface area contributed by atoms with Gasteiger partial charge in [0.25, 0.3) is 5.91 Å². The van der Waals surface area contributed by atoms with Crippen LogP contribution in [0.25, 0.3) is 33.7 Å². The number of carbonyl (C=O) groups excluding carboxylic acids is 1. The van der Waals surface area contributed by atoms with Gasteiger partial charge in [-0.3, -0.25) is 9.78 Å². The second-order valence-corrected chi connectivity index (χ2v) is 9.50. The van der Waals surface area contributed by atoms with E-state index in [1.807, 2.05) is 54.6 Å². The van der Waals surface area contributed by atoms with Gasteiger partial charge in [-0.1, -0.05) is 30.7 Å². The number of carbonyl (C=O) groups is 1. The lowest BCUT2D eigenvalue weighted by Gasteiger charge is -2.47. The molecule has 0 spiro atoms. The number of amides is 1. The molecule has 2 aliphatic heterocycles. The summed E-state index contributed by atoms with van der Waals surface area (Å²) in [6.07, 6.45) is 9.31. The van der Waals surface area contributed by atoms with E-state index in [0.29, 0.717) is 34.6 Å². The average Bonchev–Trinajstić information content (AvgIpc) is 3.29. The molecule has 2 aromatic heterocycles. The summed E-state index contributed by atoms with van der Waals surface area (Å²) >= 11 is 0. The van der Waals surface area contributed by atoms with Crippen LogP contribution in [0.4, 0.5) is 0 Å². The number of pyridine rings is 1. The van der Waals surface area contributed by atoms with Crippen LogP contribution in [0.5, 0.6) is 0 Å². The first-order valence-electron chi connectivity index (χ1n) is 12.1. The number of benzene rings is 2. The molecule has 0 radical (unpaired) electrons. The van der Waals surface area contributed by atoms with E-state index in [4.69, 9.17) is 9.40 Å². The number of piperidine rings is 2. The highest BCUT2D eigenvalue weighted by Gasteiger charge is 2.36. The molecule has 2 atom stereocenters. The van der Waals surface area contributed by atoms with Crippen molar-refractivity contribution in [1.82, 2.24) is 20.2 Å². The van der Waals surface area contributed by atoms with Gasteiger partial charge in [0.2, 0.25) is 5.89 Å². The fraction of sp³-hybridized carbons (Fsp3) is 0.321. The van der Waals surface area contributed by atoms with Gasteiger partial charge in [0.1, 0.15) is 5.52 Å². The van der Waals surface area contributed by atoms with E-state index in [9.17, 15) is 4.79 Å². The highest BCUT2D eigenvalue weighted by atomic mass is 16.3. The summed E-state index contributed by atoms with van der Waals surface area (Å²) in [7, 11) is 2.23. The quantitative estimate of drug-likeness (QED) is 0.455. The number of nitrogens with zero attached hydrogens (tertiary/aromatic N) is 3. The number of aromatic nitrogens is 2. The van der Waals surface area contributed by atoms with Crippen LogP contribution in [0.1, 0.15) is 42.5 Å². The monoisotopic (exact) mass is 452 g/mol. The zero-order valence-electron chi connectivity index (χ0n) is 19.3. The number of fused-ring (bicyclic) bond motifs is 3. The van der Waals surface area contributed by atoms with Crippen molar-refractivity contribution in [2.45, 2.75) is 50.2 Å². The molecule has 2 aromatic carbocycles. The number of rotatable bonds is 4. The molecule has 6 nitrogen and oxygen atoms in total. The molecule has 2 fully saturated rings. The van der Waals surface area contributed by atoms with Crippen molar-refractivity contribution >= 4 is 17.0 Å². The van der Waals surface area contributed by atoms with Crippen LogP contribution in [-0.4, -0.2) is 45.9 Å². The fourth-order valence-corrected chi connectivity index (χ4v) is 5.70. The molecule has 2 bridgehead atoms. The molecule has 1 amide bonds. The fourth-order valence-electron chi connectivity index (χ4n) is 5.70. The van der Waals surface area contributed by atoms with Crippen LogP contribution in [0, 0.1) is 0 Å². The van der Waals surface area contributed by atoms with Gasteiger partial charge in [-0.25, -0.2) is 4.98 Å². The lowest BCUT2D eigenvalue weighted by molar-refractivity contribution is 0.0463. The van der Waals surface area contributed by atoms with Crippen LogP contribution in [0.15, 0.2) is 71.4 Å². The molecule has 0 saturated carbocycles. The molecular weight excluding hydrogens is 424 g/mol. The zero-order valence-corrected chi connectivity index (χ0v) is 19.3. The molecule has 2 unspecified atom stereocenters. The molecule has 1 N–H and O–H groups in total. The molecular formula is C28H28N4O2. The summed E-state index contributed by atoms with van der Waals surface area (Å²) in [4.78, 5) is 24.8. The first-order chi connectivity index (χ1) is 16.7. The highest BCUT2D eigenvalue weighted by Crippen LogP contribution is 2.35. The Kier molecular flexibility index (Phi) is 5.38. The van der Waals surface area contributed by atoms with Gasteiger partial charge in [0.15, 0.2) is 5.58 Å². The lowest BCUT2D eigenvalue weighted by Crippen LogP contribution is -2.55. The maximum absolute atomic E-state index is 13.3. The van der Waals surface area contributed by atoms with Crippen LogP contribution in [-0.2, 0) is 0 Å². The van der Waals surface area contributed by atoms with Gasteiger partial charge >= 0.3 is 0 Å². The van der Waals surface area contributed by atoms with Gasteiger partial charge in [-0.05, 0) is 74.2 Å². The van der Waals surface area contributed by atoms with E-state index < -0.39 is 0 Å². The van der Waals surface area contributed by atoms with Crippen molar-refractivity contribution in [3.8, 4) is 22.6 Å². The summed E-state index contributed by atoms with van der Waals surface area (Å²) in [5, 5.41) is 3.31. The van der Waals surface area contributed by atoms with Crippen LogP contribution < -0.4 is 5.32 Å². The SMILES string of the molecule is CN1C2CCCC1CC(NC(=O)c1cccc3oc(-c4ccccc4-c4ccncc4)nc13)C2. The lowest BCUT2D eigenvalue weighted by atomic mass is 9.82. The van der Waals surface area contributed by atoms with E-state index in [1.165, 1.54) is 19.3 Å². The Hall–Kier alpha value is -3.51. The predicted molar refractivity (Wildman–Crippen MR) is 132 cm³/mol. The van der Waals surface area contributed by atoms with Crippen molar-refractivity contribution < 1.29 is 9.21 Å². The third kappa shape index (κ3) is 3.78. The number of para-hydroxylation sites is 1. The first kappa shape index (κ1) is 21.1. The zero-order chi connectivity index (χ0) is 23.1. The number of hydrogen-bond donors (Lipinski definition) is 1. The molecule has 172 valence electrons. The van der Waals surface area contributed by atoms with Gasteiger partial charge in [-0.15, -0.1) is 0 Å². The third-order valence-electron chi connectivity index (χ3n) is 7.49. The molecule has 4 heterocycles. The molecule has 6 heteroatoms. The summed E-state index contributed by atoms with van der Waals surface area (Å²) in [6.45, 7) is 0. The van der Waals surface area contributed by atoms with E-state index >= 15 is 0 Å². The van der Waals surface area contributed by atoms with E-state index in [-0.39, 0.29) is 11.9 Å². The Morgan fingerprint density at radius 3 is 2.47 bits per heavy atom. The minimum atomic E-state index is -0.0690. The Bertz CT molecular complexity index is 1320. The Balaban J connectivity index is 1.31. The topological polar surface area (TPSA) is 71.3 Å². The number of nitrogens with one attached hydrogen (secondary N) is 1. The number of oxazole rings is 1. The van der Waals surface area contributed by atoms with E-state index in [1.54, 1.807) is 12.4 Å². The maximum atomic E-state index is 13.3. The smallest absolute Gasteiger partial charge is 0.253 e. The first-order valence-corrected chi connectivity index (χ1v) is 12.1. The van der Waals surface area contributed by atoms with Crippen molar-refractivity contribution in [2.75, 3.05) is 7.05 Å². The summed E-state index contributed by atoms with van der Waals surface area (Å²) in [5.74, 6) is 0.442. The Morgan fingerprint density at radius 2 is 1.71 bits per heavy atom. The van der Waals surface area contributed by atoms with Crippen molar-refractivity contribution in [1.29, 1.82) is 0 Å². The minimum Gasteiger partial charge on any atom is -0.436 e. The van der Waals surface area contributed by atoms with E-state index in [2.05, 4.69) is 22.2 Å². The van der Waals surface area contributed by atoms with Gasteiger partial charge < -0.3 is 14.6 Å². The van der Waals surface area contributed by atoms with Gasteiger partial charge in [0.05, 0.1) is 5.56 Å². The minimum absolute atomic E-state index is 0.0690. The van der Waals surface area contributed by atoms with Crippen molar-refractivity contribution in [3.05, 3.63) is 72.6 Å².